The van der Waals surface area contributed by atoms with Crippen LogP contribution in [-0.2, 0) is 19.1 Å². The van der Waals surface area contributed by atoms with Gasteiger partial charge in [-0.1, -0.05) is 37.3 Å². The topological polar surface area (TPSA) is 52.6 Å². The molecule has 1 rings (SSSR count). The van der Waals surface area contributed by atoms with Gasteiger partial charge in [-0.15, -0.1) is 0 Å². The van der Waals surface area contributed by atoms with Gasteiger partial charge in [-0.25, -0.2) is 9.59 Å². The molecule has 20 heavy (non-hydrogen) atoms. The molecular weight excluding hydrogens is 256 g/mol. The number of hydrogen-bond donors (Lipinski definition) is 0. The maximum atomic E-state index is 11.7. The van der Waals surface area contributed by atoms with Crippen molar-refractivity contribution in [3.05, 3.63) is 42.0 Å². The highest BCUT2D eigenvalue weighted by atomic mass is 16.6. The average Bonchev–Trinajstić information content (AvgIpc) is 2.42. The van der Waals surface area contributed by atoms with Gasteiger partial charge in [0.1, 0.15) is 0 Å². The molecule has 108 valence electrons. The standard InChI is InChI=1S/C16H20O4/c1-4-14(16(18)19-12(2)3)20-15(17)11-10-13-8-6-5-7-9-13/h5-12,14H,4H2,1-3H3. The summed E-state index contributed by atoms with van der Waals surface area (Å²) >= 11 is 0. The van der Waals surface area contributed by atoms with Gasteiger partial charge in [-0.2, -0.15) is 0 Å². The van der Waals surface area contributed by atoms with E-state index in [1.54, 1.807) is 26.8 Å². The Morgan fingerprint density at radius 2 is 1.80 bits per heavy atom. The van der Waals surface area contributed by atoms with Crippen LogP contribution in [-0.4, -0.2) is 24.1 Å². The number of hydrogen-bond acceptors (Lipinski definition) is 4. The van der Waals surface area contributed by atoms with E-state index in [1.807, 2.05) is 30.3 Å². The first-order valence-electron chi connectivity index (χ1n) is 6.67. The Morgan fingerprint density at radius 1 is 1.15 bits per heavy atom. The SMILES string of the molecule is CCC(OC(=O)C=Cc1ccccc1)C(=O)OC(C)C. The largest absolute Gasteiger partial charge is 0.460 e. The molecule has 0 saturated carbocycles. The fourth-order valence-electron chi connectivity index (χ4n) is 1.51. The molecule has 0 aromatic heterocycles. The Bertz CT molecular complexity index is 463. The van der Waals surface area contributed by atoms with Crippen molar-refractivity contribution in [3.8, 4) is 0 Å². The number of esters is 2. The molecule has 0 amide bonds. The van der Waals surface area contributed by atoms with E-state index in [-0.39, 0.29) is 6.10 Å². The average molecular weight is 276 g/mol. The molecule has 0 radical (unpaired) electrons. The monoisotopic (exact) mass is 276 g/mol. The normalized spacial score (nSPS) is 12.4. The fourth-order valence-corrected chi connectivity index (χ4v) is 1.51. The van der Waals surface area contributed by atoms with Gasteiger partial charge in [0.15, 0.2) is 6.10 Å². The minimum Gasteiger partial charge on any atom is -0.460 e. The van der Waals surface area contributed by atoms with Crippen LogP contribution < -0.4 is 0 Å². The predicted octanol–water partition coefficient (Wildman–Crippen LogP) is 2.97. The number of ether oxygens (including phenoxy) is 2. The van der Waals surface area contributed by atoms with Crippen LogP contribution in [0.3, 0.4) is 0 Å². The molecule has 4 nitrogen and oxygen atoms in total. The fraction of sp³-hybridized carbons (Fsp3) is 0.375. The quantitative estimate of drug-likeness (QED) is 0.592. The summed E-state index contributed by atoms with van der Waals surface area (Å²) in [5.74, 6) is -1.06. The Morgan fingerprint density at radius 3 is 2.35 bits per heavy atom. The molecule has 0 aliphatic rings. The summed E-state index contributed by atoms with van der Waals surface area (Å²) in [6, 6.07) is 9.38. The molecule has 0 saturated heterocycles. The molecule has 0 aliphatic carbocycles. The number of rotatable bonds is 6. The van der Waals surface area contributed by atoms with Crippen LogP contribution in [0.5, 0.6) is 0 Å². The Hall–Kier alpha value is -2.10. The molecule has 0 fully saturated rings. The van der Waals surface area contributed by atoms with E-state index < -0.39 is 18.0 Å². The maximum Gasteiger partial charge on any atom is 0.347 e. The molecular formula is C16H20O4. The van der Waals surface area contributed by atoms with E-state index in [0.717, 1.165) is 5.56 Å². The molecule has 0 heterocycles. The molecule has 1 unspecified atom stereocenters. The van der Waals surface area contributed by atoms with Crippen LogP contribution >= 0.6 is 0 Å². The molecule has 0 N–H and O–H groups in total. The summed E-state index contributed by atoms with van der Waals surface area (Å²) in [6.45, 7) is 5.27. The van der Waals surface area contributed by atoms with Gasteiger partial charge >= 0.3 is 11.9 Å². The number of carbonyl (C=O) groups excluding carboxylic acids is 2. The summed E-state index contributed by atoms with van der Waals surface area (Å²) in [5.41, 5.74) is 0.891. The van der Waals surface area contributed by atoms with E-state index in [9.17, 15) is 9.59 Å². The van der Waals surface area contributed by atoms with Crippen molar-refractivity contribution in [2.75, 3.05) is 0 Å². The summed E-state index contributed by atoms with van der Waals surface area (Å²) in [6.07, 6.45) is 2.25. The van der Waals surface area contributed by atoms with Crippen LogP contribution in [0.15, 0.2) is 36.4 Å². The minimum absolute atomic E-state index is 0.227. The molecule has 0 spiro atoms. The van der Waals surface area contributed by atoms with Gasteiger partial charge in [0.25, 0.3) is 0 Å². The second kappa shape index (κ2) is 8.15. The lowest BCUT2D eigenvalue weighted by Gasteiger charge is -2.15. The van der Waals surface area contributed by atoms with Gasteiger partial charge in [0, 0.05) is 6.08 Å². The molecule has 1 atom stereocenters. The predicted molar refractivity (Wildman–Crippen MR) is 76.9 cm³/mol. The van der Waals surface area contributed by atoms with Crippen LogP contribution in [0.25, 0.3) is 6.08 Å². The van der Waals surface area contributed by atoms with Crippen LogP contribution in [0.4, 0.5) is 0 Å². The van der Waals surface area contributed by atoms with E-state index in [0.29, 0.717) is 6.42 Å². The minimum atomic E-state index is -0.856. The van der Waals surface area contributed by atoms with Gasteiger partial charge in [-0.3, -0.25) is 0 Å². The summed E-state index contributed by atoms with van der Waals surface area (Å²) in [4.78, 5) is 23.3. The second-order valence-corrected chi connectivity index (χ2v) is 4.56. The first-order valence-corrected chi connectivity index (χ1v) is 6.67. The highest BCUT2D eigenvalue weighted by Gasteiger charge is 2.22. The van der Waals surface area contributed by atoms with Crippen molar-refractivity contribution < 1.29 is 19.1 Å². The molecule has 4 heteroatoms. The lowest BCUT2D eigenvalue weighted by molar-refractivity contribution is -0.168. The summed E-state index contributed by atoms with van der Waals surface area (Å²) in [7, 11) is 0. The van der Waals surface area contributed by atoms with Crippen LogP contribution in [0, 0.1) is 0 Å². The van der Waals surface area contributed by atoms with E-state index in [4.69, 9.17) is 9.47 Å². The maximum absolute atomic E-state index is 11.7. The summed E-state index contributed by atoms with van der Waals surface area (Å²) < 4.78 is 10.1. The lowest BCUT2D eigenvalue weighted by Crippen LogP contribution is -2.29. The first kappa shape index (κ1) is 16.0. The van der Waals surface area contributed by atoms with Crippen molar-refractivity contribution in [1.82, 2.24) is 0 Å². The Balaban J connectivity index is 2.55. The third-order valence-electron chi connectivity index (χ3n) is 2.46. The van der Waals surface area contributed by atoms with Crippen molar-refractivity contribution in [2.24, 2.45) is 0 Å². The smallest absolute Gasteiger partial charge is 0.347 e. The van der Waals surface area contributed by atoms with Crippen molar-refractivity contribution in [3.63, 3.8) is 0 Å². The van der Waals surface area contributed by atoms with Gasteiger partial charge in [-0.05, 0) is 31.9 Å². The van der Waals surface area contributed by atoms with Crippen LogP contribution in [0.1, 0.15) is 32.8 Å². The Kier molecular flexibility index (Phi) is 6.50. The van der Waals surface area contributed by atoms with Crippen molar-refractivity contribution >= 4 is 18.0 Å². The molecule has 0 aliphatic heterocycles. The third kappa shape index (κ3) is 5.69. The lowest BCUT2D eigenvalue weighted by atomic mass is 10.2. The second-order valence-electron chi connectivity index (χ2n) is 4.56. The van der Waals surface area contributed by atoms with Crippen LogP contribution in [0.2, 0.25) is 0 Å². The van der Waals surface area contributed by atoms with E-state index in [1.165, 1.54) is 6.08 Å². The van der Waals surface area contributed by atoms with Gasteiger partial charge in [0.05, 0.1) is 6.10 Å². The third-order valence-corrected chi connectivity index (χ3v) is 2.46. The highest BCUT2D eigenvalue weighted by Crippen LogP contribution is 2.06. The highest BCUT2D eigenvalue weighted by molar-refractivity contribution is 5.89. The Labute approximate surface area is 119 Å². The zero-order valence-corrected chi connectivity index (χ0v) is 12.0. The zero-order chi connectivity index (χ0) is 15.0. The van der Waals surface area contributed by atoms with Gasteiger partial charge < -0.3 is 9.47 Å². The molecule has 1 aromatic rings. The molecule has 0 bridgehead atoms. The summed E-state index contributed by atoms with van der Waals surface area (Å²) in [5, 5.41) is 0. The number of carbonyl (C=O) groups is 2. The van der Waals surface area contributed by atoms with E-state index in [2.05, 4.69) is 0 Å². The van der Waals surface area contributed by atoms with E-state index >= 15 is 0 Å². The first-order chi connectivity index (χ1) is 9.52. The number of benzene rings is 1. The molecule has 1 aromatic carbocycles. The zero-order valence-electron chi connectivity index (χ0n) is 12.0. The van der Waals surface area contributed by atoms with Crippen molar-refractivity contribution in [1.29, 1.82) is 0 Å². The van der Waals surface area contributed by atoms with Gasteiger partial charge in [0.2, 0.25) is 0 Å². The van der Waals surface area contributed by atoms with Crippen molar-refractivity contribution in [2.45, 2.75) is 39.4 Å².